The number of hydrogen-bond acceptors (Lipinski definition) is 5. The van der Waals surface area contributed by atoms with Crippen molar-refractivity contribution >= 4 is 23.5 Å². The summed E-state index contributed by atoms with van der Waals surface area (Å²) in [4.78, 5) is 8.92. The number of rotatable bonds is 3. The van der Waals surface area contributed by atoms with E-state index in [0.717, 1.165) is 28.5 Å². The van der Waals surface area contributed by atoms with Crippen LogP contribution < -0.4 is 5.46 Å². The van der Waals surface area contributed by atoms with E-state index in [2.05, 4.69) is 55.8 Å². The number of aromatic nitrogens is 4. The first-order valence-corrected chi connectivity index (χ1v) is 8.95. The van der Waals surface area contributed by atoms with Crippen molar-refractivity contribution in [3.63, 3.8) is 0 Å². The van der Waals surface area contributed by atoms with E-state index in [1.165, 1.54) is 0 Å². The molecular formula is C19H23BN4O2. The molecule has 0 saturated carbocycles. The van der Waals surface area contributed by atoms with Crippen LogP contribution in [-0.4, -0.2) is 38.1 Å². The normalized spacial score (nSPS) is 18.6. The Morgan fingerprint density at radius 1 is 1.04 bits per heavy atom. The highest BCUT2D eigenvalue weighted by atomic mass is 16.7. The minimum Gasteiger partial charge on any atom is -0.399 e. The second-order valence-electron chi connectivity index (χ2n) is 7.69. The topological polar surface area (TPSA) is 62.1 Å². The molecule has 0 atom stereocenters. The zero-order valence-electron chi connectivity index (χ0n) is 15.9. The van der Waals surface area contributed by atoms with Crippen molar-refractivity contribution in [3.8, 4) is 5.82 Å². The minimum atomic E-state index is -0.402. The van der Waals surface area contributed by atoms with Gasteiger partial charge in [-0.25, -0.2) is 9.67 Å². The zero-order chi connectivity index (χ0) is 18.5. The summed E-state index contributed by atoms with van der Waals surface area (Å²) >= 11 is 0. The summed E-state index contributed by atoms with van der Waals surface area (Å²) < 4.78 is 14.2. The number of aryl methyl sites for hydroxylation is 1. The second kappa shape index (κ2) is 5.89. The van der Waals surface area contributed by atoms with Crippen LogP contribution in [0.25, 0.3) is 16.7 Å². The van der Waals surface area contributed by atoms with Gasteiger partial charge in [0, 0.05) is 11.6 Å². The van der Waals surface area contributed by atoms with E-state index >= 15 is 0 Å². The quantitative estimate of drug-likeness (QED) is 0.680. The van der Waals surface area contributed by atoms with E-state index in [9.17, 15) is 0 Å². The summed E-state index contributed by atoms with van der Waals surface area (Å²) in [5.41, 5.74) is 2.13. The van der Waals surface area contributed by atoms with Crippen molar-refractivity contribution < 1.29 is 9.31 Å². The van der Waals surface area contributed by atoms with Crippen LogP contribution in [0.2, 0.25) is 0 Å². The molecule has 7 heteroatoms. The first kappa shape index (κ1) is 17.2. The van der Waals surface area contributed by atoms with E-state index in [1.807, 2.05) is 23.0 Å². The smallest absolute Gasteiger partial charge is 0.399 e. The Balaban J connectivity index is 1.76. The Morgan fingerprint density at radius 3 is 2.46 bits per heavy atom. The monoisotopic (exact) mass is 350 g/mol. The van der Waals surface area contributed by atoms with Crippen LogP contribution in [0, 0.1) is 0 Å². The molecule has 1 fully saturated rings. The van der Waals surface area contributed by atoms with Gasteiger partial charge in [-0.2, -0.15) is 5.10 Å². The molecule has 3 heterocycles. The number of hydrogen-bond donors (Lipinski definition) is 0. The van der Waals surface area contributed by atoms with E-state index in [4.69, 9.17) is 9.31 Å². The molecular weight excluding hydrogens is 327 g/mol. The first-order valence-electron chi connectivity index (χ1n) is 8.95. The predicted molar refractivity (Wildman–Crippen MR) is 102 cm³/mol. The van der Waals surface area contributed by atoms with Gasteiger partial charge in [0.15, 0.2) is 5.82 Å². The summed E-state index contributed by atoms with van der Waals surface area (Å²) in [5, 5.41) is 5.53. The Hall–Kier alpha value is -2.25. The lowest BCUT2D eigenvalue weighted by Crippen LogP contribution is -2.41. The summed E-state index contributed by atoms with van der Waals surface area (Å²) in [6.45, 7) is 10.3. The number of fused-ring (bicyclic) bond motifs is 1. The van der Waals surface area contributed by atoms with Gasteiger partial charge in [0.1, 0.15) is 0 Å². The fourth-order valence-corrected chi connectivity index (χ4v) is 3.01. The fraction of sp³-hybridized carbons (Fsp3) is 0.421. The van der Waals surface area contributed by atoms with Gasteiger partial charge in [-0.1, -0.05) is 19.1 Å². The summed E-state index contributed by atoms with van der Waals surface area (Å²) in [5.74, 6) is 0.713. The molecule has 1 aromatic carbocycles. The van der Waals surface area contributed by atoms with Crippen molar-refractivity contribution in [2.45, 2.75) is 52.2 Å². The number of benzene rings is 1. The lowest BCUT2D eigenvalue weighted by Gasteiger charge is -2.32. The highest BCUT2D eigenvalue weighted by Crippen LogP contribution is 2.36. The summed E-state index contributed by atoms with van der Waals surface area (Å²) in [6, 6.07) is 6.13. The zero-order valence-corrected chi connectivity index (χ0v) is 15.9. The predicted octanol–water partition coefficient (Wildman–Crippen LogP) is 2.68. The van der Waals surface area contributed by atoms with Gasteiger partial charge < -0.3 is 9.31 Å². The maximum Gasteiger partial charge on any atom is 0.494 e. The van der Waals surface area contributed by atoms with Gasteiger partial charge in [-0.15, -0.1) is 0 Å². The molecule has 0 amide bonds. The molecule has 0 bridgehead atoms. The van der Waals surface area contributed by atoms with E-state index in [1.54, 1.807) is 12.4 Å². The van der Waals surface area contributed by atoms with Gasteiger partial charge >= 0.3 is 7.12 Å². The first-order chi connectivity index (χ1) is 12.3. The number of nitrogens with zero attached hydrogens (tertiary/aromatic N) is 4. The average molecular weight is 350 g/mol. The maximum absolute atomic E-state index is 6.18. The summed E-state index contributed by atoms with van der Waals surface area (Å²) in [6.07, 6.45) is 6.18. The van der Waals surface area contributed by atoms with Crippen molar-refractivity contribution in [3.05, 3.63) is 42.5 Å². The molecule has 0 unspecified atom stereocenters. The van der Waals surface area contributed by atoms with Crippen LogP contribution in [0.15, 0.2) is 36.8 Å². The van der Waals surface area contributed by atoms with E-state index in [-0.39, 0.29) is 11.2 Å². The van der Waals surface area contributed by atoms with Crippen molar-refractivity contribution in [1.29, 1.82) is 0 Å². The largest absolute Gasteiger partial charge is 0.494 e. The Bertz CT molecular complexity index is 951. The van der Waals surface area contributed by atoms with Gasteiger partial charge in [0.25, 0.3) is 0 Å². The molecule has 3 aromatic rings. The maximum atomic E-state index is 6.18. The molecule has 0 N–H and O–H groups in total. The molecule has 4 rings (SSSR count). The molecule has 0 spiro atoms. The van der Waals surface area contributed by atoms with Crippen LogP contribution in [0.1, 0.15) is 40.3 Å². The molecule has 134 valence electrons. The average Bonchev–Trinajstić information content (AvgIpc) is 3.12. The molecule has 6 nitrogen and oxygen atoms in total. The van der Waals surface area contributed by atoms with Crippen LogP contribution >= 0.6 is 0 Å². The second-order valence-corrected chi connectivity index (χ2v) is 7.69. The van der Waals surface area contributed by atoms with Crippen LogP contribution in [0.4, 0.5) is 0 Å². The van der Waals surface area contributed by atoms with Crippen LogP contribution in [0.5, 0.6) is 0 Å². The van der Waals surface area contributed by atoms with Crippen LogP contribution in [0.3, 0.4) is 0 Å². The molecule has 1 aliphatic rings. The highest BCUT2D eigenvalue weighted by molar-refractivity contribution is 6.62. The van der Waals surface area contributed by atoms with Crippen molar-refractivity contribution in [1.82, 2.24) is 19.7 Å². The highest BCUT2D eigenvalue weighted by Gasteiger charge is 2.51. The van der Waals surface area contributed by atoms with Crippen molar-refractivity contribution in [2.24, 2.45) is 0 Å². The Labute approximate surface area is 153 Å². The lowest BCUT2D eigenvalue weighted by atomic mass is 9.79. The Morgan fingerprint density at radius 2 is 1.77 bits per heavy atom. The fourth-order valence-electron chi connectivity index (χ4n) is 3.01. The van der Waals surface area contributed by atoms with Gasteiger partial charge in [-0.05, 0) is 45.6 Å². The molecule has 1 saturated heterocycles. The summed E-state index contributed by atoms with van der Waals surface area (Å²) in [7, 11) is -0.402. The Kier molecular flexibility index (Phi) is 3.89. The van der Waals surface area contributed by atoms with Gasteiger partial charge in [0.05, 0.1) is 34.8 Å². The van der Waals surface area contributed by atoms with E-state index < -0.39 is 7.12 Å². The third-order valence-corrected chi connectivity index (χ3v) is 5.37. The molecule has 2 aromatic heterocycles. The molecule has 0 radical (unpaired) electrons. The van der Waals surface area contributed by atoms with Gasteiger partial charge in [-0.3, -0.25) is 4.98 Å². The molecule has 26 heavy (non-hydrogen) atoms. The SMILES string of the molecule is CCc1cncc(-n2ncc3ccc(B4OC(C)(C)C(C)(C)O4)cc32)n1. The molecule has 0 aliphatic carbocycles. The van der Waals surface area contributed by atoms with Crippen molar-refractivity contribution in [2.75, 3.05) is 0 Å². The lowest BCUT2D eigenvalue weighted by molar-refractivity contribution is 0.00578. The third-order valence-electron chi connectivity index (χ3n) is 5.37. The van der Waals surface area contributed by atoms with Crippen LogP contribution in [-0.2, 0) is 15.7 Å². The van der Waals surface area contributed by atoms with E-state index in [0.29, 0.717) is 5.82 Å². The van der Waals surface area contributed by atoms with Gasteiger partial charge in [0.2, 0.25) is 0 Å². The standard InChI is InChI=1S/C19H23BN4O2/c1-6-15-11-21-12-17(23-15)24-16-9-14(8-7-13(16)10-22-24)20-25-18(2,3)19(4,5)26-20/h7-12H,6H2,1-5H3. The third kappa shape index (κ3) is 2.71. The minimum absolute atomic E-state index is 0.367. The molecule has 1 aliphatic heterocycles.